The highest BCUT2D eigenvalue weighted by molar-refractivity contribution is 5.76. The van der Waals surface area contributed by atoms with E-state index in [0.29, 0.717) is 6.61 Å². The molecule has 4 nitrogen and oxygen atoms in total. The van der Waals surface area contributed by atoms with Crippen molar-refractivity contribution in [3.05, 3.63) is 30.1 Å². The smallest absolute Gasteiger partial charge is 0.313 e. The minimum atomic E-state index is -0.838. The van der Waals surface area contributed by atoms with E-state index in [1.54, 1.807) is 24.5 Å². The maximum absolute atomic E-state index is 11.2. The van der Waals surface area contributed by atoms with Crippen LogP contribution in [0.2, 0.25) is 0 Å². The molecule has 0 radical (unpaired) electrons. The second-order valence-corrected chi connectivity index (χ2v) is 3.65. The molecule has 2 rings (SSSR count). The summed E-state index contributed by atoms with van der Waals surface area (Å²) in [4.78, 5) is 15.1. The summed E-state index contributed by atoms with van der Waals surface area (Å²) in [5.41, 5.74) is 0.719. The number of pyridine rings is 1. The summed E-state index contributed by atoms with van der Waals surface area (Å²) >= 11 is 0. The lowest BCUT2D eigenvalue weighted by Gasteiger charge is -2.18. The molecule has 1 saturated heterocycles. The molecule has 4 heteroatoms. The highest BCUT2D eigenvalue weighted by atomic mass is 16.5. The van der Waals surface area contributed by atoms with Gasteiger partial charge >= 0.3 is 5.97 Å². The quantitative estimate of drug-likeness (QED) is 0.814. The summed E-state index contributed by atoms with van der Waals surface area (Å²) in [5, 5.41) is 9.18. The number of rotatable bonds is 3. The Morgan fingerprint density at radius 1 is 1.67 bits per heavy atom. The standard InChI is InChI=1S/C11H13NO3/c13-11(14)10(9-4-2-6-15-9)8-3-1-5-12-7-8/h1,3,5,7,9-10H,2,4,6H2,(H,13,14). The third kappa shape index (κ3) is 2.15. The van der Waals surface area contributed by atoms with Gasteiger partial charge in [0, 0.05) is 19.0 Å². The summed E-state index contributed by atoms with van der Waals surface area (Å²) in [6.07, 6.45) is 4.78. The second-order valence-electron chi connectivity index (χ2n) is 3.65. The fraction of sp³-hybridized carbons (Fsp3) is 0.455. The first-order valence-electron chi connectivity index (χ1n) is 5.03. The SMILES string of the molecule is O=C(O)C(c1cccnc1)C1CCCO1. The third-order valence-corrected chi connectivity index (χ3v) is 2.65. The Hall–Kier alpha value is -1.42. The van der Waals surface area contributed by atoms with Crippen LogP contribution in [0, 0.1) is 0 Å². The lowest BCUT2D eigenvalue weighted by molar-refractivity contribution is -0.141. The number of hydrogen-bond donors (Lipinski definition) is 1. The molecule has 0 aliphatic carbocycles. The van der Waals surface area contributed by atoms with Crippen molar-refractivity contribution in [1.29, 1.82) is 0 Å². The van der Waals surface area contributed by atoms with Crippen molar-refractivity contribution in [2.75, 3.05) is 6.61 Å². The first kappa shape index (κ1) is 10.1. The number of hydrogen-bond acceptors (Lipinski definition) is 3. The number of aromatic nitrogens is 1. The van der Waals surface area contributed by atoms with Crippen LogP contribution in [0.4, 0.5) is 0 Å². The molecule has 2 unspecified atom stereocenters. The Bertz CT molecular complexity index is 333. The van der Waals surface area contributed by atoms with Crippen molar-refractivity contribution < 1.29 is 14.6 Å². The summed E-state index contributed by atoms with van der Waals surface area (Å²) in [7, 11) is 0. The zero-order chi connectivity index (χ0) is 10.7. The molecule has 1 aromatic rings. The predicted octanol–water partition coefficient (Wildman–Crippen LogP) is 1.43. The first-order chi connectivity index (χ1) is 7.29. The third-order valence-electron chi connectivity index (χ3n) is 2.65. The molecule has 0 spiro atoms. The largest absolute Gasteiger partial charge is 0.481 e. The summed E-state index contributed by atoms with van der Waals surface area (Å²) in [6.45, 7) is 0.661. The number of carboxylic acids is 1. The topological polar surface area (TPSA) is 59.4 Å². The van der Waals surface area contributed by atoms with E-state index in [1.165, 1.54) is 0 Å². The number of nitrogens with zero attached hydrogens (tertiary/aromatic N) is 1. The van der Waals surface area contributed by atoms with Crippen molar-refractivity contribution >= 4 is 5.97 Å². The Morgan fingerprint density at radius 3 is 3.07 bits per heavy atom. The van der Waals surface area contributed by atoms with Crippen LogP contribution in [0.3, 0.4) is 0 Å². The molecule has 2 atom stereocenters. The fourth-order valence-corrected chi connectivity index (χ4v) is 1.94. The van der Waals surface area contributed by atoms with Gasteiger partial charge in [-0.1, -0.05) is 6.07 Å². The lowest BCUT2D eigenvalue weighted by atomic mass is 9.93. The van der Waals surface area contributed by atoms with Crippen LogP contribution in [0.15, 0.2) is 24.5 Å². The highest BCUT2D eigenvalue weighted by Gasteiger charge is 2.32. The van der Waals surface area contributed by atoms with Crippen LogP contribution in [0.1, 0.15) is 24.3 Å². The lowest BCUT2D eigenvalue weighted by Crippen LogP contribution is -2.25. The number of ether oxygens (including phenoxy) is 1. The van der Waals surface area contributed by atoms with Gasteiger partial charge in [0.05, 0.1) is 6.10 Å². The molecular weight excluding hydrogens is 194 g/mol. The van der Waals surface area contributed by atoms with Crippen LogP contribution in [-0.2, 0) is 9.53 Å². The Morgan fingerprint density at radius 2 is 2.53 bits per heavy atom. The summed E-state index contributed by atoms with van der Waals surface area (Å²) < 4.78 is 5.42. The zero-order valence-electron chi connectivity index (χ0n) is 8.30. The van der Waals surface area contributed by atoms with E-state index in [4.69, 9.17) is 4.74 Å². The van der Waals surface area contributed by atoms with Gasteiger partial charge in [0.15, 0.2) is 0 Å². The monoisotopic (exact) mass is 207 g/mol. The van der Waals surface area contributed by atoms with Crippen LogP contribution in [0.5, 0.6) is 0 Å². The van der Waals surface area contributed by atoms with Crippen molar-refractivity contribution in [1.82, 2.24) is 4.98 Å². The summed E-state index contributed by atoms with van der Waals surface area (Å²) in [5.74, 6) is -1.42. The van der Waals surface area contributed by atoms with Crippen molar-refractivity contribution in [3.8, 4) is 0 Å². The summed E-state index contributed by atoms with van der Waals surface area (Å²) in [6, 6.07) is 3.54. The molecule has 1 aromatic heterocycles. The van der Waals surface area contributed by atoms with Gasteiger partial charge in [-0.15, -0.1) is 0 Å². The highest BCUT2D eigenvalue weighted by Crippen LogP contribution is 2.28. The van der Waals surface area contributed by atoms with Gasteiger partial charge in [0.1, 0.15) is 5.92 Å². The Kier molecular flexibility index (Phi) is 2.97. The van der Waals surface area contributed by atoms with Crippen molar-refractivity contribution in [2.24, 2.45) is 0 Å². The van der Waals surface area contributed by atoms with E-state index in [0.717, 1.165) is 18.4 Å². The van der Waals surface area contributed by atoms with Gasteiger partial charge < -0.3 is 9.84 Å². The number of carboxylic acid groups (broad SMARTS) is 1. The van der Waals surface area contributed by atoms with E-state index >= 15 is 0 Å². The molecule has 1 fully saturated rings. The van der Waals surface area contributed by atoms with Gasteiger partial charge in [-0.3, -0.25) is 9.78 Å². The molecular formula is C11H13NO3. The van der Waals surface area contributed by atoms with Gasteiger partial charge in [0.2, 0.25) is 0 Å². The average Bonchev–Trinajstić information content (AvgIpc) is 2.72. The predicted molar refractivity (Wildman–Crippen MR) is 53.6 cm³/mol. The maximum Gasteiger partial charge on any atom is 0.313 e. The van der Waals surface area contributed by atoms with Gasteiger partial charge in [-0.05, 0) is 24.5 Å². The number of carbonyl (C=O) groups is 1. The van der Waals surface area contributed by atoms with Crippen LogP contribution in [0.25, 0.3) is 0 Å². The van der Waals surface area contributed by atoms with Gasteiger partial charge in [-0.25, -0.2) is 0 Å². The average molecular weight is 207 g/mol. The van der Waals surface area contributed by atoms with Crippen molar-refractivity contribution in [3.63, 3.8) is 0 Å². The second kappa shape index (κ2) is 4.40. The molecule has 1 aliphatic heterocycles. The fourth-order valence-electron chi connectivity index (χ4n) is 1.94. The molecule has 0 saturated carbocycles. The van der Waals surface area contributed by atoms with Crippen LogP contribution >= 0.6 is 0 Å². The van der Waals surface area contributed by atoms with Crippen LogP contribution in [-0.4, -0.2) is 28.8 Å². The minimum absolute atomic E-state index is 0.202. The Labute approximate surface area is 87.9 Å². The first-order valence-corrected chi connectivity index (χ1v) is 5.03. The molecule has 15 heavy (non-hydrogen) atoms. The van der Waals surface area contributed by atoms with E-state index < -0.39 is 11.9 Å². The van der Waals surface area contributed by atoms with E-state index in [9.17, 15) is 9.90 Å². The Balaban J connectivity index is 2.23. The van der Waals surface area contributed by atoms with E-state index in [1.807, 2.05) is 0 Å². The molecule has 0 aromatic carbocycles. The molecule has 80 valence electrons. The minimum Gasteiger partial charge on any atom is -0.481 e. The molecule has 1 N–H and O–H groups in total. The van der Waals surface area contributed by atoms with Gasteiger partial charge in [-0.2, -0.15) is 0 Å². The van der Waals surface area contributed by atoms with E-state index in [2.05, 4.69) is 4.98 Å². The molecule has 0 amide bonds. The normalized spacial score (nSPS) is 22.5. The molecule has 2 heterocycles. The molecule has 0 bridgehead atoms. The zero-order valence-corrected chi connectivity index (χ0v) is 8.30. The maximum atomic E-state index is 11.2. The van der Waals surface area contributed by atoms with Crippen LogP contribution < -0.4 is 0 Å². The molecule has 1 aliphatic rings. The van der Waals surface area contributed by atoms with Gasteiger partial charge in [0.25, 0.3) is 0 Å². The van der Waals surface area contributed by atoms with Crippen molar-refractivity contribution in [2.45, 2.75) is 24.9 Å². The number of aliphatic carboxylic acids is 1. The van der Waals surface area contributed by atoms with E-state index in [-0.39, 0.29) is 6.10 Å².